The molecule has 1 aliphatic heterocycles. The normalized spacial score (nSPS) is 17.6. The van der Waals surface area contributed by atoms with Crippen LogP contribution in [0.5, 0.6) is 0 Å². The number of guanidine groups is 1. The van der Waals surface area contributed by atoms with Gasteiger partial charge in [0.25, 0.3) is 0 Å². The maximum absolute atomic E-state index is 13.8. The molecule has 5 nitrogen and oxygen atoms in total. The first-order valence-electron chi connectivity index (χ1n) is 8.90. The Balaban J connectivity index is 2.09. The molecule has 2 rings (SSSR count). The summed E-state index contributed by atoms with van der Waals surface area (Å²) in [6.07, 6.45) is 0.695. The molecule has 0 radical (unpaired) electrons. The van der Waals surface area contributed by atoms with Gasteiger partial charge in [-0.05, 0) is 13.3 Å². The Morgan fingerprint density at radius 1 is 1.26 bits per heavy atom. The highest BCUT2D eigenvalue weighted by atomic mass is 19.2. The van der Waals surface area contributed by atoms with Gasteiger partial charge in [-0.25, -0.2) is 22.6 Å². The van der Waals surface area contributed by atoms with E-state index in [9.17, 15) is 22.4 Å². The minimum Gasteiger partial charge on any atom is -0.357 e. The van der Waals surface area contributed by atoms with Crippen LogP contribution in [0.2, 0.25) is 0 Å². The van der Waals surface area contributed by atoms with Crippen molar-refractivity contribution in [2.45, 2.75) is 39.8 Å². The third kappa shape index (κ3) is 5.11. The zero-order chi connectivity index (χ0) is 20.1. The predicted molar refractivity (Wildman–Crippen MR) is 94.0 cm³/mol. The van der Waals surface area contributed by atoms with Gasteiger partial charge in [0, 0.05) is 37.7 Å². The summed E-state index contributed by atoms with van der Waals surface area (Å²) in [5.41, 5.74) is -0.771. The van der Waals surface area contributed by atoms with Crippen LogP contribution in [0.25, 0.3) is 0 Å². The molecular formula is C18H24F4N4O. The van der Waals surface area contributed by atoms with E-state index in [2.05, 4.69) is 15.6 Å². The number of aliphatic imine (C=N–C) groups is 1. The second kappa shape index (κ2) is 9.05. The zero-order valence-electron chi connectivity index (χ0n) is 15.6. The minimum absolute atomic E-state index is 0.0561. The average molecular weight is 388 g/mol. The first kappa shape index (κ1) is 21.0. The molecule has 0 spiro atoms. The van der Waals surface area contributed by atoms with Crippen LogP contribution in [0.3, 0.4) is 0 Å². The highest BCUT2D eigenvalue weighted by Gasteiger charge is 2.28. The molecule has 1 amide bonds. The number of benzene rings is 1. The van der Waals surface area contributed by atoms with Crippen molar-refractivity contribution in [2.75, 3.05) is 19.6 Å². The van der Waals surface area contributed by atoms with E-state index in [4.69, 9.17) is 0 Å². The van der Waals surface area contributed by atoms with Crippen LogP contribution in [-0.2, 0) is 11.3 Å². The monoisotopic (exact) mass is 388 g/mol. The van der Waals surface area contributed by atoms with Crippen LogP contribution in [-0.4, -0.2) is 42.4 Å². The molecular weight excluding hydrogens is 364 g/mol. The molecule has 1 saturated heterocycles. The highest BCUT2D eigenvalue weighted by molar-refractivity contribution is 5.81. The Morgan fingerprint density at radius 3 is 2.44 bits per heavy atom. The summed E-state index contributed by atoms with van der Waals surface area (Å²) in [7, 11) is 0. The number of nitrogens with zero attached hydrogens (tertiary/aromatic N) is 2. The lowest BCUT2D eigenvalue weighted by atomic mass is 10.2. The average Bonchev–Trinajstić information content (AvgIpc) is 3.07. The van der Waals surface area contributed by atoms with E-state index < -0.39 is 35.4 Å². The van der Waals surface area contributed by atoms with E-state index in [0.29, 0.717) is 26.1 Å². The first-order chi connectivity index (χ1) is 12.7. The molecule has 1 aliphatic rings. The number of likely N-dealkylation sites (tertiary alicyclic amines) is 1. The van der Waals surface area contributed by atoms with Crippen LogP contribution < -0.4 is 10.6 Å². The lowest BCUT2D eigenvalue weighted by molar-refractivity contribution is -0.133. The SMILES string of the molecule is CCNC(=NCc1c(F)c(F)cc(F)c1F)NC1CCN(C(=O)C(C)C)C1. The molecule has 1 heterocycles. The van der Waals surface area contributed by atoms with Gasteiger partial charge >= 0.3 is 0 Å². The fourth-order valence-electron chi connectivity index (χ4n) is 2.88. The summed E-state index contributed by atoms with van der Waals surface area (Å²) in [5.74, 6) is -5.62. The van der Waals surface area contributed by atoms with E-state index in [-0.39, 0.29) is 29.9 Å². The molecule has 1 fully saturated rings. The fraction of sp³-hybridized carbons (Fsp3) is 0.556. The summed E-state index contributed by atoms with van der Waals surface area (Å²) >= 11 is 0. The van der Waals surface area contributed by atoms with Gasteiger partial charge in [-0.3, -0.25) is 4.79 Å². The molecule has 150 valence electrons. The Labute approximate surface area is 155 Å². The van der Waals surface area contributed by atoms with E-state index in [1.54, 1.807) is 4.90 Å². The van der Waals surface area contributed by atoms with Gasteiger partial charge in [-0.2, -0.15) is 0 Å². The van der Waals surface area contributed by atoms with Crippen molar-refractivity contribution in [1.82, 2.24) is 15.5 Å². The van der Waals surface area contributed by atoms with Gasteiger partial charge in [-0.15, -0.1) is 0 Å². The lowest BCUT2D eigenvalue weighted by Crippen LogP contribution is -2.45. The minimum atomic E-state index is -1.46. The largest absolute Gasteiger partial charge is 0.357 e. The Bertz CT molecular complexity index is 698. The maximum atomic E-state index is 13.8. The first-order valence-corrected chi connectivity index (χ1v) is 8.90. The number of carbonyl (C=O) groups is 1. The zero-order valence-corrected chi connectivity index (χ0v) is 15.6. The second-order valence-corrected chi connectivity index (χ2v) is 6.71. The summed E-state index contributed by atoms with van der Waals surface area (Å²) < 4.78 is 54.1. The van der Waals surface area contributed by atoms with Crippen molar-refractivity contribution in [3.8, 4) is 0 Å². The molecule has 0 aliphatic carbocycles. The number of amides is 1. The fourth-order valence-corrected chi connectivity index (χ4v) is 2.88. The number of halogens is 4. The van der Waals surface area contributed by atoms with Crippen LogP contribution in [0.4, 0.5) is 17.6 Å². The Morgan fingerprint density at radius 2 is 1.89 bits per heavy atom. The summed E-state index contributed by atoms with van der Waals surface area (Å²) in [5, 5.41) is 6.01. The summed E-state index contributed by atoms with van der Waals surface area (Å²) in [6, 6.07) is 0.0876. The molecule has 9 heteroatoms. The van der Waals surface area contributed by atoms with Gasteiger partial charge in [0.05, 0.1) is 12.1 Å². The molecule has 0 saturated carbocycles. The van der Waals surface area contributed by atoms with Crippen molar-refractivity contribution in [1.29, 1.82) is 0 Å². The molecule has 0 aromatic heterocycles. The second-order valence-electron chi connectivity index (χ2n) is 6.71. The third-order valence-corrected chi connectivity index (χ3v) is 4.28. The van der Waals surface area contributed by atoms with Gasteiger partial charge in [0.1, 0.15) is 0 Å². The van der Waals surface area contributed by atoms with Gasteiger partial charge in [-0.1, -0.05) is 13.8 Å². The summed E-state index contributed by atoms with van der Waals surface area (Å²) in [4.78, 5) is 17.8. The quantitative estimate of drug-likeness (QED) is 0.353. The van der Waals surface area contributed by atoms with E-state index in [1.807, 2.05) is 20.8 Å². The van der Waals surface area contributed by atoms with Crippen LogP contribution >= 0.6 is 0 Å². The number of nitrogens with one attached hydrogen (secondary N) is 2. The topological polar surface area (TPSA) is 56.7 Å². The van der Waals surface area contributed by atoms with Crippen LogP contribution in [0.15, 0.2) is 11.1 Å². The van der Waals surface area contributed by atoms with Crippen molar-refractivity contribution in [3.05, 3.63) is 34.9 Å². The number of hydrogen-bond acceptors (Lipinski definition) is 2. The standard InChI is InChI=1S/C18H24F4N4O/c1-4-23-18(25-11-5-6-26(9-11)17(27)10(2)3)24-8-12-15(21)13(19)7-14(20)16(12)22/h7,10-11H,4-6,8-9H2,1-3H3,(H2,23,24,25). The summed E-state index contributed by atoms with van der Waals surface area (Å²) in [6.45, 7) is 6.47. The predicted octanol–water partition coefficient (Wildman–Crippen LogP) is 2.56. The molecule has 1 aromatic carbocycles. The molecule has 0 bridgehead atoms. The van der Waals surface area contributed by atoms with Crippen LogP contribution in [0.1, 0.15) is 32.8 Å². The smallest absolute Gasteiger partial charge is 0.225 e. The van der Waals surface area contributed by atoms with E-state index >= 15 is 0 Å². The van der Waals surface area contributed by atoms with Gasteiger partial charge < -0.3 is 15.5 Å². The Hall–Kier alpha value is -2.32. The Kier molecular flexibility index (Phi) is 7.04. The van der Waals surface area contributed by atoms with Gasteiger partial charge in [0.15, 0.2) is 29.2 Å². The highest BCUT2D eigenvalue weighted by Crippen LogP contribution is 2.20. The van der Waals surface area contributed by atoms with Crippen molar-refractivity contribution in [2.24, 2.45) is 10.9 Å². The van der Waals surface area contributed by atoms with Crippen molar-refractivity contribution >= 4 is 11.9 Å². The molecule has 1 unspecified atom stereocenters. The number of hydrogen-bond donors (Lipinski definition) is 2. The third-order valence-electron chi connectivity index (χ3n) is 4.28. The number of rotatable bonds is 5. The molecule has 1 aromatic rings. The molecule has 2 N–H and O–H groups in total. The maximum Gasteiger partial charge on any atom is 0.225 e. The van der Waals surface area contributed by atoms with E-state index in [1.165, 1.54) is 0 Å². The molecule has 27 heavy (non-hydrogen) atoms. The molecule has 1 atom stereocenters. The van der Waals surface area contributed by atoms with Crippen LogP contribution in [0, 0.1) is 29.2 Å². The number of carbonyl (C=O) groups excluding carboxylic acids is 1. The van der Waals surface area contributed by atoms with Gasteiger partial charge in [0.2, 0.25) is 5.91 Å². The van der Waals surface area contributed by atoms with E-state index in [0.717, 1.165) is 0 Å². The van der Waals surface area contributed by atoms with Crippen molar-refractivity contribution in [3.63, 3.8) is 0 Å². The van der Waals surface area contributed by atoms with Crippen molar-refractivity contribution < 1.29 is 22.4 Å². The lowest BCUT2D eigenvalue weighted by Gasteiger charge is -2.20.